The van der Waals surface area contributed by atoms with Crippen molar-refractivity contribution in [3.05, 3.63) is 58.6 Å². The summed E-state index contributed by atoms with van der Waals surface area (Å²) in [6.45, 7) is 6.47. The molecule has 2 aromatic carbocycles. The first-order chi connectivity index (χ1) is 14.5. The summed E-state index contributed by atoms with van der Waals surface area (Å²) in [4.78, 5) is 11.7. The molecule has 0 amide bonds. The fourth-order valence-corrected chi connectivity index (χ4v) is 3.55. The number of Topliss-reactive ketones (excluding diaryl/α,β-unsaturated/α-hetero) is 1. The Morgan fingerprint density at radius 1 is 1.06 bits per heavy atom. The second-order valence-electron chi connectivity index (χ2n) is 7.92. The number of rotatable bonds is 12. The van der Waals surface area contributed by atoms with E-state index >= 15 is 0 Å². The van der Waals surface area contributed by atoms with Crippen LogP contribution in [0.3, 0.4) is 0 Å². The third-order valence-corrected chi connectivity index (χ3v) is 5.88. The molecule has 2 aromatic rings. The zero-order valence-corrected chi connectivity index (χ0v) is 20.0. The van der Waals surface area contributed by atoms with Crippen molar-refractivity contribution in [1.29, 1.82) is 0 Å². The lowest BCUT2D eigenvalue weighted by molar-refractivity contribution is -0.119. The Morgan fingerprint density at radius 3 is 2.29 bits per heavy atom. The second-order valence-corrected chi connectivity index (χ2v) is 10.2. The van der Waals surface area contributed by atoms with Crippen LogP contribution in [0.15, 0.2) is 42.5 Å². The quantitative estimate of drug-likeness (QED) is 0.469. The van der Waals surface area contributed by atoms with E-state index in [1.165, 1.54) is 0 Å². The van der Waals surface area contributed by atoms with Gasteiger partial charge < -0.3 is 9.47 Å². The molecule has 0 fully saturated rings. The number of hydrogen-bond acceptors (Lipinski definition) is 5. The predicted octanol–water partition coefficient (Wildman–Crippen LogP) is 4.34. The largest absolute Gasteiger partial charge is 0.492 e. The topological polar surface area (TPSA) is 81.7 Å². The Morgan fingerprint density at radius 2 is 1.71 bits per heavy atom. The second kappa shape index (κ2) is 11.0. The lowest BCUT2D eigenvalue weighted by Crippen LogP contribution is -2.31. The molecule has 2 rings (SSSR count). The normalized spacial score (nSPS) is 11.9. The van der Waals surface area contributed by atoms with Crippen LogP contribution in [-0.4, -0.2) is 40.2 Å². The molecule has 0 atom stereocenters. The van der Waals surface area contributed by atoms with Crippen molar-refractivity contribution < 1.29 is 22.7 Å². The highest BCUT2D eigenvalue weighted by atomic mass is 35.5. The van der Waals surface area contributed by atoms with Crippen LogP contribution in [0.2, 0.25) is 5.02 Å². The number of carbonyl (C=O) groups is 1. The summed E-state index contributed by atoms with van der Waals surface area (Å²) >= 11 is 6.43. The van der Waals surface area contributed by atoms with Crippen molar-refractivity contribution in [3.8, 4) is 11.5 Å². The van der Waals surface area contributed by atoms with Crippen LogP contribution < -0.4 is 14.2 Å². The van der Waals surface area contributed by atoms with E-state index in [-0.39, 0.29) is 24.3 Å². The number of sulfonamides is 1. The average molecular weight is 468 g/mol. The van der Waals surface area contributed by atoms with Gasteiger partial charge in [0.15, 0.2) is 5.78 Å². The van der Waals surface area contributed by atoms with Crippen molar-refractivity contribution in [1.82, 2.24) is 4.72 Å². The summed E-state index contributed by atoms with van der Waals surface area (Å²) in [7, 11) is -3.41. The van der Waals surface area contributed by atoms with Gasteiger partial charge in [0.2, 0.25) is 10.0 Å². The van der Waals surface area contributed by atoms with Crippen molar-refractivity contribution in [3.63, 3.8) is 0 Å². The van der Waals surface area contributed by atoms with Gasteiger partial charge in [-0.05, 0) is 41.8 Å². The van der Waals surface area contributed by atoms with Gasteiger partial charge >= 0.3 is 0 Å². The molecule has 0 saturated heterocycles. The van der Waals surface area contributed by atoms with E-state index < -0.39 is 10.0 Å². The number of carbonyl (C=O) groups excluding carboxylic acids is 1. The fourth-order valence-electron chi connectivity index (χ4n) is 2.89. The van der Waals surface area contributed by atoms with Crippen molar-refractivity contribution >= 4 is 27.4 Å². The molecular formula is C23H30ClNO5S. The molecule has 6 nitrogen and oxygen atoms in total. The highest BCUT2D eigenvalue weighted by Crippen LogP contribution is 2.36. The number of unbranched alkanes of at least 4 members (excludes halogenated alkanes) is 1. The third-order valence-electron chi connectivity index (χ3n) is 4.92. The molecule has 0 aliphatic carbocycles. The first kappa shape index (κ1) is 25.2. The van der Waals surface area contributed by atoms with E-state index in [0.717, 1.165) is 30.2 Å². The van der Waals surface area contributed by atoms with Gasteiger partial charge in [-0.2, -0.15) is 0 Å². The number of hydrogen-bond donors (Lipinski definition) is 1. The van der Waals surface area contributed by atoms with Gasteiger partial charge in [0.05, 0.1) is 24.4 Å². The molecule has 8 heteroatoms. The van der Waals surface area contributed by atoms with E-state index in [0.29, 0.717) is 23.1 Å². The van der Waals surface area contributed by atoms with E-state index in [1.54, 1.807) is 12.1 Å². The van der Waals surface area contributed by atoms with Crippen LogP contribution in [0.1, 0.15) is 44.7 Å². The van der Waals surface area contributed by atoms with Gasteiger partial charge in [-0.15, -0.1) is 0 Å². The highest BCUT2D eigenvalue weighted by Gasteiger charge is 2.24. The molecule has 0 bridgehead atoms. The Hall–Kier alpha value is -2.09. The number of benzene rings is 2. The zero-order chi connectivity index (χ0) is 23.1. The van der Waals surface area contributed by atoms with E-state index in [9.17, 15) is 13.2 Å². The van der Waals surface area contributed by atoms with Crippen LogP contribution in [0.5, 0.6) is 11.5 Å². The Labute approximate surface area is 190 Å². The summed E-state index contributed by atoms with van der Waals surface area (Å²) in [5.74, 6) is 0.865. The van der Waals surface area contributed by atoms with Gasteiger partial charge in [0.1, 0.15) is 18.1 Å². The number of ketones is 1. The van der Waals surface area contributed by atoms with E-state index in [2.05, 4.69) is 25.5 Å². The molecule has 0 saturated carbocycles. The summed E-state index contributed by atoms with van der Waals surface area (Å²) in [6, 6.07) is 13.3. The maximum Gasteiger partial charge on any atom is 0.209 e. The highest BCUT2D eigenvalue weighted by molar-refractivity contribution is 7.88. The Balaban J connectivity index is 2.02. The summed E-state index contributed by atoms with van der Waals surface area (Å²) < 4.78 is 35.4. The SMILES string of the molecule is CCCCOc1ccc(C(C)(C)c2ccc(OCC(=O)CNS(C)(=O)=O)cc2)cc1Cl. The third kappa shape index (κ3) is 7.83. The van der Waals surface area contributed by atoms with E-state index in [1.807, 2.05) is 30.3 Å². The maximum absolute atomic E-state index is 11.7. The first-order valence-corrected chi connectivity index (χ1v) is 12.4. The molecule has 0 aromatic heterocycles. The summed E-state index contributed by atoms with van der Waals surface area (Å²) in [5, 5.41) is 0.586. The monoisotopic (exact) mass is 467 g/mol. The van der Waals surface area contributed by atoms with Crippen LogP contribution in [0.25, 0.3) is 0 Å². The van der Waals surface area contributed by atoms with Gasteiger partial charge in [-0.25, -0.2) is 13.1 Å². The molecule has 0 aliphatic rings. The Kier molecular flexibility index (Phi) is 8.91. The number of halogens is 1. The van der Waals surface area contributed by atoms with Crippen molar-refractivity contribution in [2.75, 3.05) is 26.0 Å². The minimum absolute atomic E-state index is 0.208. The van der Waals surface area contributed by atoms with Crippen molar-refractivity contribution in [2.24, 2.45) is 0 Å². The lowest BCUT2D eigenvalue weighted by Gasteiger charge is -2.27. The summed E-state index contributed by atoms with van der Waals surface area (Å²) in [6.07, 6.45) is 3.05. The minimum Gasteiger partial charge on any atom is -0.492 e. The molecular weight excluding hydrogens is 438 g/mol. The fraction of sp³-hybridized carbons (Fsp3) is 0.435. The molecule has 0 unspecified atom stereocenters. The molecule has 0 spiro atoms. The molecule has 0 radical (unpaired) electrons. The first-order valence-electron chi connectivity index (χ1n) is 10.2. The minimum atomic E-state index is -3.41. The van der Waals surface area contributed by atoms with Gasteiger partial charge in [-0.3, -0.25) is 4.79 Å². The average Bonchev–Trinajstić information content (AvgIpc) is 2.71. The molecule has 31 heavy (non-hydrogen) atoms. The van der Waals surface area contributed by atoms with E-state index in [4.69, 9.17) is 21.1 Å². The van der Waals surface area contributed by atoms with Gasteiger partial charge in [0.25, 0.3) is 0 Å². The number of nitrogens with one attached hydrogen (secondary N) is 1. The van der Waals surface area contributed by atoms with Gasteiger partial charge in [-0.1, -0.05) is 57.0 Å². The standard InChI is InChI=1S/C23H30ClNO5S/c1-5-6-13-29-22-12-9-18(14-21(22)24)23(2,3)17-7-10-20(11-8-17)30-16-19(26)15-25-31(4,27)28/h7-12,14,25H,5-6,13,15-16H2,1-4H3. The predicted molar refractivity (Wildman–Crippen MR) is 124 cm³/mol. The smallest absolute Gasteiger partial charge is 0.209 e. The van der Waals surface area contributed by atoms with Crippen LogP contribution in [0.4, 0.5) is 0 Å². The van der Waals surface area contributed by atoms with Gasteiger partial charge in [0, 0.05) is 5.41 Å². The molecule has 0 aliphatic heterocycles. The maximum atomic E-state index is 11.7. The lowest BCUT2D eigenvalue weighted by atomic mass is 9.78. The van der Waals surface area contributed by atoms with Crippen LogP contribution in [0, 0.1) is 0 Å². The molecule has 0 heterocycles. The molecule has 1 N–H and O–H groups in total. The molecule has 170 valence electrons. The van der Waals surface area contributed by atoms with Crippen molar-refractivity contribution in [2.45, 2.75) is 39.0 Å². The Bertz CT molecular complexity index is 988. The van der Waals surface area contributed by atoms with Crippen LogP contribution >= 0.6 is 11.6 Å². The number of ether oxygens (including phenoxy) is 2. The summed E-state index contributed by atoms with van der Waals surface area (Å²) in [5.41, 5.74) is 1.80. The zero-order valence-electron chi connectivity index (χ0n) is 18.4. The van der Waals surface area contributed by atoms with Crippen LogP contribution in [-0.2, 0) is 20.2 Å².